The lowest BCUT2D eigenvalue weighted by molar-refractivity contribution is -0.267. The van der Waals surface area contributed by atoms with Crippen molar-refractivity contribution in [1.29, 1.82) is 0 Å². The quantitative estimate of drug-likeness (QED) is 0.590. The smallest absolute Gasteiger partial charge is 0.251 e. The monoisotopic (exact) mass is 292 g/mol. The van der Waals surface area contributed by atoms with Gasteiger partial charge in [-0.15, -0.1) is 0 Å². The lowest BCUT2D eigenvalue weighted by Gasteiger charge is -2.47. The van der Waals surface area contributed by atoms with Crippen LogP contribution in [0.25, 0.3) is 0 Å². The maximum absolute atomic E-state index is 12.0. The van der Waals surface area contributed by atoms with Crippen LogP contribution < -0.4 is 10.6 Å². The van der Waals surface area contributed by atoms with Crippen LogP contribution in [0.2, 0.25) is 0 Å². The summed E-state index contributed by atoms with van der Waals surface area (Å²) in [5.41, 5.74) is 1.78. The number of aryl methyl sites for hydroxylation is 1. The van der Waals surface area contributed by atoms with Crippen LogP contribution in [-0.2, 0) is 9.47 Å². The zero-order chi connectivity index (χ0) is 15.3. The summed E-state index contributed by atoms with van der Waals surface area (Å²) in [5, 5.41) is 6.28. The maximum atomic E-state index is 12.0. The molecule has 1 saturated carbocycles. The zero-order valence-electron chi connectivity index (χ0n) is 12.9. The predicted octanol–water partition coefficient (Wildman–Crippen LogP) is 1.47. The average molecular weight is 292 g/mol. The molecule has 1 atom stereocenters. The number of amides is 1. The molecule has 21 heavy (non-hydrogen) atoms. The highest BCUT2D eigenvalue weighted by Crippen LogP contribution is 2.35. The number of hydrogen-bond donors (Lipinski definition) is 2. The van der Waals surface area contributed by atoms with Crippen molar-refractivity contribution in [3.63, 3.8) is 0 Å². The summed E-state index contributed by atoms with van der Waals surface area (Å²) >= 11 is 0. The number of methoxy groups -OCH3 is 2. The van der Waals surface area contributed by atoms with E-state index in [2.05, 4.69) is 10.6 Å². The number of ether oxygens (including phenoxy) is 2. The van der Waals surface area contributed by atoms with Crippen molar-refractivity contribution in [3.05, 3.63) is 35.4 Å². The van der Waals surface area contributed by atoms with E-state index in [-0.39, 0.29) is 11.9 Å². The van der Waals surface area contributed by atoms with E-state index in [1.54, 1.807) is 14.2 Å². The first-order valence-electron chi connectivity index (χ1n) is 7.30. The SMILES string of the molecule is COC1(OC)CCC1NCCNC(=O)c1cccc(C)c1. The third kappa shape index (κ3) is 3.61. The summed E-state index contributed by atoms with van der Waals surface area (Å²) in [7, 11) is 3.33. The van der Waals surface area contributed by atoms with Gasteiger partial charge in [0.15, 0.2) is 5.79 Å². The number of carbonyl (C=O) groups is 1. The highest BCUT2D eigenvalue weighted by atomic mass is 16.7. The van der Waals surface area contributed by atoms with Gasteiger partial charge in [-0.1, -0.05) is 17.7 Å². The molecule has 0 spiro atoms. The van der Waals surface area contributed by atoms with E-state index in [4.69, 9.17) is 9.47 Å². The first-order valence-corrected chi connectivity index (χ1v) is 7.30. The van der Waals surface area contributed by atoms with E-state index < -0.39 is 5.79 Å². The molecule has 116 valence electrons. The number of hydrogen-bond acceptors (Lipinski definition) is 4. The molecule has 1 unspecified atom stereocenters. The Balaban J connectivity index is 1.72. The summed E-state index contributed by atoms with van der Waals surface area (Å²) in [5.74, 6) is -0.542. The van der Waals surface area contributed by atoms with E-state index in [0.717, 1.165) is 18.4 Å². The van der Waals surface area contributed by atoms with Gasteiger partial charge in [-0.3, -0.25) is 4.79 Å². The molecule has 5 heteroatoms. The van der Waals surface area contributed by atoms with Gasteiger partial charge in [0, 0.05) is 39.3 Å². The van der Waals surface area contributed by atoms with Gasteiger partial charge >= 0.3 is 0 Å². The highest BCUT2D eigenvalue weighted by molar-refractivity contribution is 5.94. The lowest BCUT2D eigenvalue weighted by Crippen LogP contribution is -2.61. The minimum absolute atomic E-state index is 0.0427. The normalized spacial score (nSPS) is 19.9. The van der Waals surface area contributed by atoms with Gasteiger partial charge in [0.2, 0.25) is 0 Å². The minimum atomic E-state index is -0.499. The number of rotatable bonds is 7. The Labute approximate surface area is 126 Å². The fourth-order valence-corrected chi connectivity index (χ4v) is 2.66. The molecule has 0 heterocycles. The summed E-state index contributed by atoms with van der Waals surface area (Å²) in [6.07, 6.45) is 1.92. The molecular formula is C16H24N2O3. The largest absolute Gasteiger partial charge is 0.352 e. The Morgan fingerprint density at radius 1 is 1.33 bits per heavy atom. The van der Waals surface area contributed by atoms with Crippen molar-refractivity contribution in [3.8, 4) is 0 Å². The van der Waals surface area contributed by atoms with Crippen LogP contribution in [0.15, 0.2) is 24.3 Å². The molecule has 0 saturated heterocycles. The van der Waals surface area contributed by atoms with E-state index >= 15 is 0 Å². The molecule has 1 fully saturated rings. The number of benzene rings is 1. The third-order valence-corrected chi connectivity index (χ3v) is 4.08. The van der Waals surface area contributed by atoms with Crippen LogP contribution in [0.5, 0.6) is 0 Å². The Morgan fingerprint density at radius 3 is 2.67 bits per heavy atom. The van der Waals surface area contributed by atoms with E-state index in [9.17, 15) is 4.79 Å². The molecule has 1 aromatic rings. The van der Waals surface area contributed by atoms with Crippen LogP contribution in [-0.4, -0.2) is 45.0 Å². The van der Waals surface area contributed by atoms with Gasteiger partial charge in [0.25, 0.3) is 5.91 Å². The summed E-state index contributed by atoms with van der Waals surface area (Å²) in [6, 6.07) is 7.76. The second-order valence-corrected chi connectivity index (χ2v) is 5.39. The van der Waals surface area contributed by atoms with E-state index in [1.165, 1.54) is 0 Å². The topological polar surface area (TPSA) is 59.6 Å². The molecule has 0 bridgehead atoms. The Morgan fingerprint density at radius 2 is 2.10 bits per heavy atom. The zero-order valence-corrected chi connectivity index (χ0v) is 12.9. The number of nitrogens with one attached hydrogen (secondary N) is 2. The molecule has 1 amide bonds. The van der Waals surface area contributed by atoms with Gasteiger partial charge in [-0.25, -0.2) is 0 Å². The standard InChI is InChI=1S/C16H24N2O3/c1-12-5-4-6-13(11-12)15(19)18-10-9-17-14-7-8-16(14,20-2)21-3/h4-6,11,14,17H,7-10H2,1-3H3,(H,18,19). The second kappa shape index (κ2) is 7.02. The molecule has 0 aromatic heterocycles. The fraction of sp³-hybridized carbons (Fsp3) is 0.562. The lowest BCUT2D eigenvalue weighted by atomic mass is 9.84. The van der Waals surface area contributed by atoms with Crippen molar-refractivity contribution in [1.82, 2.24) is 10.6 Å². The van der Waals surface area contributed by atoms with Crippen molar-refractivity contribution in [2.24, 2.45) is 0 Å². The summed E-state index contributed by atoms with van der Waals surface area (Å²) < 4.78 is 10.8. The van der Waals surface area contributed by atoms with Crippen LogP contribution in [0.1, 0.15) is 28.8 Å². The second-order valence-electron chi connectivity index (χ2n) is 5.39. The maximum Gasteiger partial charge on any atom is 0.251 e. The molecule has 1 aromatic carbocycles. The van der Waals surface area contributed by atoms with Gasteiger partial charge in [-0.2, -0.15) is 0 Å². The Kier molecular flexibility index (Phi) is 5.33. The van der Waals surface area contributed by atoms with Crippen molar-refractivity contribution in [2.45, 2.75) is 31.6 Å². The van der Waals surface area contributed by atoms with Crippen molar-refractivity contribution in [2.75, 3.05) is 27.3 Å². The highest BCUT2D eigenvalue weighted by Gasteiger charge is 2.47. The van der Waals surface area contributed by atoms with Crippen LogP contribution >= 0.6 is 0 Å². The van der Waals surface area contributed by atoms with Crippen LogP contribution in [0.3, 0.4) is 0 Å². The summed E-state index contributed by atoms with van der Waals surface area (Å²) in [6.45, 7) is 3.24. The molecule has 0 aliphatic heterocycles. The molecular weight excluding hydrogens is 268 g/mol. The average Bonchev–Trinajstić information content (AvgIpc) is 2.47. The van der Waals surface area contributed by atoms with Crippen LogP contribution in [0.4, 0.5) is 0 Å². The molecule has 2 N–H and O–H groups in total. The van der Waals surface area contributed by atoms with Crippen LogP contribution in [0, 0.1) is 6.92 Å². The molecule has 5 nitrogen and oxygen atoms in total. The summed E-state index contributed by atoms with van der Waals surface area (Å²) in [4.78, 5) is 12.0. The molecule has 1 aliphatic rings. The fourth-order valence-electron chi connectivity index (χ4n) is 2.66. The van der Waals surface area contributed by atoms with Gasteiger partial charge in [0.1, 0.15) is 0 Å². The first kappa shape index (κ1) is 15.9. The van der Waals surface area contributed by atoms with E-state index in [1.807, 2.05) is 31.2 Å². The molecule has 0 radical (unpaired) electrons. The third-order valence-electron chi connectivity index (χ3n) is 4.08. The molecule has 1 aliphatic carbocycles. The Bertz CT molecular complexity index is 481. The predicted molar refractivity (Wildman–Crippen MR) is 81.3 cm³/mol. The minimum Gasteiger partial charge on any atom is -0.352 e. The van der Waals surface area contributed by atoms with E-state index in [0.29, 0.717) is 18.7 Å². The van der Waals surface area contributed by atoms with Gasteiger partial charge < -0.3 is 20.1 Å². The van der Waals surface area contributed by atoms with Crippen molar-refractivity contribution >= 4 is 5.91 Å². The van der Waals surface area contributed by atoms with Crippen molar-refractivity contribution < 1.29 is 14.3 Å². The Hall–Kier alpha value is -1.43. The number of carbonyl (C=O) groups excluding carboxylic acids is 1. The molecule has 2 rings (SSSR count). The van der Waals surface area contributed by atoms with Gasteiger partial charge in [0.05, 0.1) is 6.04 Å². The van der Waals surface area contributed by atoms with Gasteiger partial charge in [-0.05, 0) is 25.5 Å². The first-order chi connectivity index (χ1) is 10.1.